The highest BCUT2D eigenvalue weighted by Crippen LogP contribution is 2.21. The van der Waals surface area contributed by atoms with E-state index >= 15 is 0 Å². The molecule has 72 valence electrons. The van der Waals surface area contributed by atoms with Crippen LogP contribution in [0.25, 0.3) is 0 Å². The van der Waals surface area contributed by atoms with Crippen molar-refractivity contribution in [2.24, 2.45) is 0 Å². The van der Waals surface area contributed by atoms with Crippen LogP contribution >= 0.6 is 0 Å². The summed E-state index contributed by atoms with van der Waals surface area (Å²) in [5.74, 6) is 0. The highest BCUT2D eigenvalue weighted by molar-refractivity contribution is 4.83. The average Bonchev–Trinajstić information content (AvgIpc) is 2.09. The van der Waals surface area contributed by atoms with Crippen molar-refractivity contribution in [2.45, 2.75) is 37.8 Å². The lowest BCUT2D eigenvalue weighted by Gasteiger charge is -2.36. The Morgan fingerprint density at radius 3 is 2.75 bits per heavy atom. The first-order valence-corrected chi connectivity index (χ1v) is 4.16. The normalized spacial score (nSPS) is 43.0. The van der Waals surface area contributed by atoms with Crippen LogP contribution in [-0.4, -0.2) is 48.3 Å². The molecule has 0 bridgehead atoms. The van der Waals surface area contributed by atoms with Gasteiger partial charge in [0, 0.05) is 13.5 Å². The zero-order valence-electron chi connectivity index (χ0n) is 7.43. The van der Waals surface area contributed by atoms with Gasteiger partial charge in [0.15, 0.2) is 0 Å². The Balaban J connectivity index is 2.52. The van der Waals surface area contributed by atoms with Gasteiger partial charge in [-0.3, -0.25) is 0 Å². The molecule has 0 spiro atoms. The van der Waals surface area contributed by atoms with Crippen LogP contribution in [0.15, 0.2) is 0 Å². The molecule has 0 amide bonds. The van der Waals surface area contributed by atoms with E-state index in [2.05, 4.69) is 0 Å². The number of hydrogen-bond donors (Lipinski definition) is 2. The monoisotopic (exact) mass is 176 g/mol. The lowest BCUT2D eigenvalue weighted by atomic mass is 9.99. The molecule has 2 N–H and O–H groups in total. The molecule has 0 aromatic rings. The van der Waals surface area contributed by atoms with E-state index in [0.29, 0.717) is 6.42 Å². The molecule has 1 rings (SSSR count). The fourth-order valence-corrected chi connectivity index (χ4v) is 1.49. The fraction of sp³-hybridized carbons (Fsp3) is 1.00. The highest BCUT2D eigenvalue weighted by atomic mass is 16.5. The van der Waals surface area contributed by atoms with Crippen LogP contribution in [0.5, 0.6) is 0 Å². The summed E-state index contributed by atoms with van der Waals surface area (Å²) in [4.78, 5) is 0. The summed E-state index contributed by atoms with van der Waals surface area (Å²) in [5.41, 5.74) is 0. The van der Waals surface area contributed by atoms with E-state index in [0.717, 1.165) is 0 Å². The van der Waals surface area contributed by atoms with Gasteiger partial charge >= 0.3 is 0 Å². The van der Waals surface area contributed by atoms with Crippen LogP contribution in [0.1, 0.15) is 13.3 Å². The molecule has 1 aliphatic heterocycles. The predicted octanol–water partition coefficient (Wildman–Crippen LogP) is -0.468. The lowest BCUT2D eigenvalue weighted by molar-refractivity contribution is -0.178. The minimum atomic E-state index is -0.585. The number of ether oxygens (including phenoxy) is 2. The van der Waals surface area contributed by atoms with E-state index in [9.17, 15) is 5.11 Å². The molecule has 4 nitrogen and oxygen atoms in total. The first-order chi connectivity index (χ1) is 5.69. The summed E-state index contributed by atoms with van der Waals surface area (Å²) in [7, 11) is 1.56. The van der Waals surface area contributed by atoms with Crippen LogP contribution < -0.4 is 0 Å². The Morgan fingerprint density at radius 1 is 1.58 bits per heavy atom. The zero-order chi connectivity index (χ0) is 9.14. The molecule has 0 aromatic carbocycles. The Morgan fingerprint density at radius 2 is 2.25 bits per heavy atom. The molecule has 4 heteroatoms. The Hall–Kier alpha value is -0.160. The molecule has 0 aromatic heterocycles. The van der Waals surface area contributed by atoms with Crippen molar-refractivity contribution < 1.29 is 19.7 Å². The maximum absolute atomic E-state index is 9.52. The van der Waals surface area contributed by atoms with Crippen LogP contribution in [0.4, 0.5) is 0 Å². The third kappa shape index (κ3) is 1.95. The number of hydrogen-bond acceptors (Lipinski definition) is 4. The van der Waals surface area contributed by atoms with E-state index in [-0.39, 0.29) is 24.9 Å². The van der Waals surface area contributed by atoms with Crippen LogP contribution in [0, 0.1) is 0 Å². The molecule has 1 saturated heterocycles. The van der Waals surface area contributed by atoms with E-state index in [1.54, 1.807) is 14.0 Å². The molecule has 1 fully saturated rings. The molecule has 12 heavy (non-hydrogen) atoms. The maximum Gasteiger partial charge on any atom is 0.106 e. The molecule has 1 heterocycles. The largest absolute Gasteiger partial charge is 0.394 e. The minimum absolute atomic E-state index is 0.0169. The van der Waals surface area contributed by atoms with E-state index < -0.39 is 6.10 Å². The van der Waals surface area contributed by atoms with Crippen LogP contribution in [-0.2, 0) is 9.47 Å². The van der Waals surface area contributed by atoms with Crippen molar-refractivity contribution in [1.82, 2.24) is 0 Å². The van der Waals surface area contributed by atoms with Gasteiger partial charge in [0.25, 0.3) is 0 Å². The lowest BCUT2D eigenvalue weighted by Crippen LogP contribution is -2.48. The molecule has 4 atom stereocenters. The predicted molar refractivity (Wildman–Crippen MR) is 42.8 cm³/mol. The third-order valence-corrected chi connectivity index (χ3v) is 2.27. The van der Waals surface area contributed by atoms with Crippen molar-refractivity contribution in [3.63, 3.8) is 0 Å². The summed E-state index contributed by atoms with van der Waals surface area (Å²) in [6.45, 7) is 1.76. The van der Waals surface area contributed by atoms with Gasteiger partial charge < -0.3 is 19.7 Å². The van der Waals surface area contributed by atoms with Crippen molar-refractivity contribution in [3.8, 4) is 0 Å². The third-order valence-electron chi connectivity index (χ3n) is 2.27. The summed E-state index contributed by atoms with van der Waals surface area (Å²) < 4.78 is 10.4. The number of rotatable bonds is 2. The molecule has 4 unspecified atom stereocenters. The van der Waals surface area contributed by atoms with Crippen molar-refractivity contribution in [1.29, 1.82) is 0 Å². The van der Waals surface area contributed by atoms with Gasteiger partial charge in [-0.15, -0.1) is 0 Å². The molecule has 0 aliphatic carbocycles. The zero-order valence-corrected chi connectivity index (χ0v) is 7.43. The van der Waals surface area contributed by atoms with E-state index in [4.69, 9.17) is 14.6 Å². The number of aliphatic hydroxyl groups excluding tert-OH is 2. The highest BCUT2D eigenvalue weighted by Gasteiger charge is 2.34. The van der Waals surface area contributed by atoms with Gasteiger partial charge in [0.2, 0.25) is 0 Å². The average molecular weight is 176 g/mol. The van der Waals surface area contributed by atoms with Gasteiger partial charge in [-0.05, 0) is 6.92 Å². The first kappa shape index (κ1) is 9.92. The van der Waals surface area contributed by atoms with Gasteiger partial charge in [0.1, 0.15) is 6.10 Å². The first-order valence-electron chi connectivity index (χ1n) is 4.16. The Kier molecular flexibility index (Phi) is 3.46. The van der Waals surface area contributed by atoms with Gasteiger partial charge in [-0.2, -0.15) is 0 Å². The van der Waals surface area contributed by atoms with Crippen molar-refractivity contribution in [2.75, 3.05) is 13.7 Å². The van der Waals surface area contributed by atoms with Crippen molar-refractivity contribution in [3.05, 3.63) is 0 Å². The second kappa shape index (κ2) is 4.18. The standard InChI is InChI=1S/C8H16O4/c1-5-8(10)7(11-2)3-6(4-9)12-5/h5-10H,3-4H2,1-2H3. The Labute approximate surface area is 72.1 Å². The van der Waals surface area contributed by atoms with Gasteiger partial charge in [-0.25, -0.2) is 0 Å². The second-order valence-electron chi connectivity index (χ2n) is 3.15. The minimum Gasteiger partial charge on any atom is -0.394 e. The second-order valence-corrected chi connectivity index (χ2v) is 3.15. The van der Waals surface area contributed by atoms with Gasteiger partial charge in [0.05, 0.1) is 24.9 Å². The van der Waals surface area contributed by atoms with Crippen molar-refractivity contribution >= 4 is 0 Å². The maximum atomic E-state index is 9.52. The number of methoxy groups -OCH3 is 1. The molecular formula is C8H16O4. The molecule has 0 saturated carbocycles. The molecule has 0 radical (unpaired) electrons. The summed E-state index contributed by atoms with van der Waals surface area (Å²) >= 11 is 0. The fourth-order valence-electron chi connectivity index (χ4n) is 1.49. The number of aliphatic hydroxyl groups is 2. The summed E-state index contributed by atoms with van der Waals surface area (Å²) in [6.07, 6.45) is -0.712. The van der Waals surface area contributed by atoms with Crippen LogP contribution in [0.3, 0.4) is 0 Å². The molecular weight excluding hydrogens is 160 g/mol. The van der Waals surface area contributed by atoms with Gasteiger partial charge in [-0.1, -0.05) is 0 Å². The van der Waals surface area contributed by atoms with E-state index in [1.807, 2.05) is 0 Å². The van der Waals surface area contributed by atoms with E-state index in [1.165, 1.54) is 0 Å². The Bertz CT molecular complexity index is 139. The summed E-state index contributed by atoms with van der Waals surface area (Å²) in [5, 5.41) is 18.4. The quantitative estimate of drug-likeness (QED) is 0.597. The van der Waals surface area contributed by atoms with Crippen LogP contribution in [0.2, 0.25) is 0 Å². The molecule has 1 aliphatic rings. The smallest absolute Gasteiger partial charge is 0.106 e. The topological polar surface area (TPSA) is 58.9 Å². The summed E-state index contributed by atoms with van der Waals surface area (Å²) in [6, 6.07) is 0. The SMILES string of the molecule is COC1CC(CO)OC(C)C1O.